The molecule has 0 bridgehead atoms. The Balaban J connectivity index is 3.38. The van der Waals surface area contributed by atoms with Gasteiger partial charge in [-0.3, -0.25) is 0 Å². The molecular weight excluding hydrogens is 183 g/mol. The maximum atomic E-state index is 12.6. The number of hydrogen-bond donors (Lipinski definition) is 0. The lowest BCUT2D eigenvalue weighted by atomic mass is 9.74. The summed E-state index contributed by atoms with van der Waals surface area (Å²) >= 11 is 0. The molecule has 0 fully saturated rings. The zero-order valence-electron chi connectivity index (χ0n) is 7.24. The lowest BCUT2D eigenvalue weighted by Gasteiger charge is -2.20. The molecule has 0 spiro atoms. The monoisotopic (exact) mass is 191 g/mol. The first-order valence-electron chi connectivity index (χ1n) is 3.79. The van der Waals surface area contributed by atoms with Crippen molar-refractivity contribution in [3.8, 4) is 0 Å². The maximum Gasteiger partial charge on any atom is 0.510 e. The van der Waals surface area contributed by atoms with E-state index in [0.717, 1.165) is 12.1 Å². The highest BCUT2D eigenvalue weighted by Crippen LogP contribution is 2.15. The van der Waals surface area contributed by atoms with E-state index in [4.69, 9.17) is 0 Å². The highest BCUT2D eigenvalue weighted by molar-refractivity contribution is 6.74. The highest BCUT2D eigenvalue weighted by Gasteiger charge is 2.29. The molecule has 0 radical (unpaired) electrons. The van der Waals surface area contributed by atoms with E-state index < -0.39 is 18.3 Å². The van der Waals surface area contributed by atoms with Crippen LogP contribution in [0, 0.1) is 19.7 Å². The van der Waals surface area contributed by atoms with Gasteiger partial charge >= 0.3 is 6.98 Å². The third-order valence-corrected chi connectivity index (χ3v) is 1.89. The largest absolute Gasteiger partial charge is 0.510 e. The molecule has 0 saturated heterocycles. The van der Waals surface area contributed by atoms with Crippen LogP contribution in [0.5, 0.6) is 0 Å². The Bertz CT molecular complexity index is 306. The normalized spacial score (nSPS) is 11.8. The van der Waals surface area contributed by atoms with Crippen molar-refractivity contribution < 1.29 is 17.3 Å². The second kappa shape index (κ2) is 3.05. The predicted molar refractivity (Wildman–Crippen MR) is 44.6 cm³/mol. The summed E-state index contributed by atoms with van der Waals surface area (Å²) in [5.74, 6) is -0.626. The van der Waals surface area contributed by atoms with Gasteiger partial charge in [-0.05, 0) is 26.0 Å². The molecule has 0 N–H and O–H groups in total. The van der Waals surface area contributed by atoms with Crippen molar-refractivity contribution in [3.63, 3.8) is 0 Å². The van der Waals surface area contributed by atoms with Crippen molar-refractivity contribution in [2.75, 3.05) is 0 Å². The molecule has 0 aromatic heterocycles. The van der Waals surface area contributed by atoms with E-state index >= 15 is 0 Å². The third kappa shape index (κ3) is 2.02. The van der Waals surface area contributed by atoms with Gasteiger partial charge in [0.2, 0.25) is 0 Å². The Labute approximate surface area is 73.6 Å². The zero-order valence-corrected chi connectivity index (χ0v) is 7.24. The molecule has 1 aromatic rings. The first-order chi connectivity index (χ1) is 5.82. The smallest absolute Gasteiger partial charge is 0.445 e. The summed E-state index contributed by atoms with van der Waals surface area (Å²) in [5, 5.41) is 0. The number of rotatable bonds is 1. The van der Waals surface area contributed by atoms with Crippen LogP contribution in [0.1, 0.15) is 11.1 Å². The minimum absolute atomic E-state index is 0.0509. The summed E-state index contributed by atoms with van der Waals surface area (Å²) in [6.45, 7) is -2.51. The van der Waals surface area contributed by atoms with E-state index in [0.29, 0.717) is 0 Å². The highest BCUT2D eigenvalue weighted by atomic mass is 19.4. The van der Waals surface area contributed by atoms with Gasteiger partial charge in [0.25, 0.3) is 0 Å². The van der Waals surface area contributed by atoms with Crippen LogP contribution in [0.25, 0.3) is 0 Å². The van der Waals surface area contributed by atoms with Crippen LogP contribution in [0.3, 0.4) is 0 Å². The molecular formula is C8H8BF4-. The summed E-state index contributed by atoms with van der Waals surface area (Å²) in [6, 6.07) is 1.80. The molecule has 0 aliphatic rings. The van der Waals surface area contributed by atoms with Gasteiger partial charge in [0.05, 0.1) is 0 Å². The summed E-state index contributed by atoms with van der Waals surface area (Å²) in [7, 11) is 0. The van der Waals surface area contributed by atoms with Gasteiger partial charge in [-0.25, -0.2) is 4.39 Å². The molecule has 13 heavy (non-hydrogen) atoms. The second-order valence-electron chi connectivity index (χ2n) is 3.03. The van der Waals surface area contributed by atoms with E-state index in [9.17, 15) is 17.3 Å². The summed E-state index contributed by atoms with van der Waals surface area (Å²) < 4.78 is 49.8. The number of hydrogen-bond acceptors (Lipinski definition) is 0. The number of halogens is 4. The van der Waals surface area contributed by atoms with E-state index in [1.165, 1.54) is 13.8 Å². The van der Waals surface area contributed by atoms with E-state index in [1.807, 2.05) is 0 Å². The fraction of sp³-hybridized carbons (Fsp3) is 0.250. The minimum atomic E-state index is -5.04. The molecule has 5 heteroatoms. The van der Waals surface area contributed by atoms with Gasteiger partial charge in [0.15, 0.2) is 0 Å². The molecule has 0 amide bonds. The van der Waals surface area contributed by atoms with Crippen LogP contribution in [0.15, 0.2) is 12.1 Å². The van der Waals surface area contributed by atoms with Crippen LogP contribution < -0.4 is 5.46 Å². The van der Waals surface area contributed by atoms with Crippen LogP contribution in [-0.2, 0) is 0 Å². The summed E-state index contributed by atoms with van der Waals surface area (Å²) in [5.41, 5.74) is -0.781. The Hall–Kier alpha value is -0.995. The van der Waals surface area contributed by atoms with Crippen molar-refractivity contribution >= 4 is 12.4 Å². The predicted octanol–water partition coefficient (Wildman–Crippen LogP) is 2.50. The Morgan fingerprint density at radius 3 is 1.69 bits per heavy atom. The van der Waals surface area contributed by atoms with Crippen molar-refractivity contribution in [1.29, 1.82) is 0 Å². The number of benzene rings is 1. The summed E-state index contributed by atoms with van der Waals surface area (Å²) in [4.78, 5) is 0. The quantitative estimate of drug-likeness (QED) is 0.472. The van der Waals surface area contributed by atoms with Gasteiger partial charge < -0.3 is 12.9 Å². The van der Waals surface area contributed by atoms with Gasteiger partial charge in [-0.15, -0.1) is 5.46 Å². The van der Waals surface area contributed by atoms with Crippen LogP contribution in [0.4, 0.5) is 17.3 Å². The lowest BCUT2D eigenvalue weighted by Crippen LogP contribution is -2.38. The molecule has 0 heterocycles. The van der Waals surface area contributed by atoms with E-state index in [1.54, 1.807) is 0 Å². The maximum absolute atomic E-state index is 12.6. The van der Waals surface area contributed by atoms with Crippen molar-refractivity contribution in [2.24, 2.45) is 0 Å². The Morgan fingerprint density at radius 2 is 1.38 bits per heavy atom. The van der Waals surface area contributed by atoms with Crippen LogP contribution >= 0.6 is 0 Å². The Kier molecular flexibility index (Phi) is 2.37. The van der Waals surface area contributed by atoms with Crippen molar-refractivity contribution in [3.05, 3.63) is 29.1 Å². The summed E-state index contributed by atoms with van der Waals surface area (Å²) in [6.07, 6.45) is 0. The minimum Gasteiger partial charge on any atom is -0.445 e. The van der Waals surface area contributed by atoms with Crippen LogP contribution in [-0.4, -0.2) is 6.98 Å². The zero-order chi connectivity index (χ0) is 10.2. The third-order valence-electron chi connectivity index (χ3n) is 1.89. The molecule has 0 saturated carbocycles. The van der Waals surface area contributed by atoms with Gasteiger partial charge in [0, 0.05) is 0 Å². The lowest BCUT2D eigenvalue weighted by molar-refractivity contribution is 0.500. The van der Waals surface area contributed by atoms with Gasteiger partial charge in [-0.1, -0.05) is 11.1 Å². The van der Waals surface area contributed by atoms with Crippen LogP contribution in [0.2, 0.25) is 0 Å². The molecule has 0 aliphatic heterocycles. The average molecular weight is 191 g/mol. The van der Waals surface area contributed by atoms with E-state index in [-0.39, 0.29) is 11.1 Å². The fourth-order valence-corrected chi connectivity index (χ4v) is 1.44. The topological polar surface area (TPSA) is 0 Å². The molecule has 0 nitrogen and oxygen atoms in total. The fourth-order valence-electron chi connectivity index (χ4n) is 1.44. The standard InChI is InChI=1S/C8H8BF4/c1-5-3-7(10)4-6(2)8(5)9(11,12)13/h3-4H,1-2H3/q-1. The van der Waals surface area contributed by atoms with Crippen molar-refractivity contribution in [1.82, 2.24) is 0 Å². The average Bonchev–Trinajstić information content (AvgIpc) is 1.78. The molecule has 0 unspecified atom stereocenters. The van der Waals surface area contributed by atoms with Crippen molar-refractivity contribution in [2.45, 2.75) is 13.8 Å². The molecule has 1 aromatic carbocycles. The molecule has 72 valence electrons. The van der Waals surface area contributed by atoms with Gasteiger partial charge in [0.1, 0.15) is 5.82 Å². The second-order valence-corrected chi connectivity index (χ2v) is 3.03. The molecule has 0 aliphatic carbocycles. The van der Waals surface area contributed by atoms with E-state index in [2.05, 4.69) is 0 Å². The van der Waals surface area contributed by atoms with Gasteiger partial charge in [-0.2, -0.15) is 0 Å². The Morgan fingerprint density at radius 1 is 1.00 bits per heavy atom. The first kappa shape index (κ1) is 10.1. The molecule has 1 rings (SSSR count). The molecule has 0 atom stereocenters. The first-order valence-corrected chi connectivity index (χ1v) is 3.79. The SMILES string of the molecule is Cc1cc(F)cc(C)c1[B-](F)(F)F. The number of aryl methyl sites for hydroxylation is 2.